The van der Waals surface area contributed by atoms with E-state index in [0.29, 0.717) is 17.9 Å². The molecule has 1 aromatic carbocycles. The molecule has 0 saturated carbocycles. The van der Waals surface area contributed by atoms with Crippen molar-refractivity contribution in [3.05, 3.63) is 46.5 Å². The third kappa shape index (κ3) is 4.19. The van der Waals surface area contributed by atoms with Crippen LogP contribution in [0, 0.1) is 4.77 Å². The number of hydrogen-bond acceptors (Lipinski definition) is 4. The lowest BCUT2D eigenvalue weighted by atomic mass is 10.1. The van der Waals surface area contributed by atoms with Crippen molar-refractivity contribution in [2.75, 3.05) is 18.1 Å². The summed E-state index contributed by atoms with van der Waals surface area (Å²) in [6.45, 7) is 4.69. The number of nitrogens with zero attached hydrogens (tertiary/aromatic N) is 3. The van der Waals surface area contributed by atoms with E-state index in [0.717, 1.165) is 18.9 Å². The predicted molar refractivity (Wildman–Crippen MR) is 99.7 cm³/mol. The molecule has 1 fully saturated rings. The van der Waals surface area contributed by atoms with Crippen LogP contribution in [0.5, 0.6) is 0 Å². The molecule has 2 atom stereocenters. The predicted octanol–water partition coefficient (Wildman–Crippen LogP) is 0.916. The molecule has 25 heavy (non-hydrogen) atoms. The fourth-order valence-electron chi connectivity index (χ4n) is 3.35. The first-order valence-electron chi connectivity index (χ1n) is 8.61. The number of sulfone groups is 1. The lowest BCUT2D eigenvalue weighted by Crippen LogP contribution is -3.09. The number of nitrogens with one attached hydrogen (secondary N) is 1. The van der Waals surface area contributed by atoms with Crippen molar-refractivity contribution in [1.29, 1.82) is 0 Å². The van der Waals surface area contributed by atoms with Gasteiger partial charge in [0.2, 0.25) is 4.77 Å². The van der Waals surface area contributed by atoms with Crippen LogP contribution in [-0.2, 0) is 30.1 Å². The SMILES string of the molecule is CC[NH+](Cc1ccccc1)Cn1nc([C@H]2CCS(=O)(=O)C2)n(C)c1=S. The van der Waals surface area contributed by atoms with Gasteiger partial charge in [-0.25, -0.2) is 8.42 Å². The minimum atomic E-state index is -2.93. The number of quaternary nitrogens is 1. The van der Waals surface area contributed by atoms with Gasteiger partial charge in [0.1, 0.15) is 12.4 Å². The smallest absolute Gasteiger partial charge is 0.202 e. The quantitative estimate of drug-likeness (QED) is 0.756. The molecule has 1 aliphatic rings. The van der Waals surface area contributed by atoms with Gasteiger partial charge in [-0.15, -0.1) is 0 Å². The molecule has 1 aromatic heterocycles. The van der Waals surface area contributed by atoms with Crippen LogP contribution in [-0.4, -0.2) is 40.8 Å². The van der Waals surface area contributed by atoms with Gasteiger partial charge < -0.3 is 9.47 Å². The number of hydrogen-bond donors (Lipinski definition) is 1. The second kappa shape index (κ2) is 7.39. The topological polar surface area (TPSA) is 61.3 Å². The molecular formula is C17H25N4O2S2+. The van der Waals surface area contributed by atoms with Gasteiger partial charge in [0.05, 0.1) is 18.1 Å². The normalized spacial score (nSPS) is 20.6. The van der Waals surface area contributed by atoms with E-state index >= 15 is 0 Å². The lowest BCUT2D eigenvalue weighted by Gasteiger charge is -2.17. The standard InChI is InChI=1S/C17H24N4O2S2/c1-3-20(11-14-7-5-4-6-8-14)13-21-17(24)19(2)16(18-21)15-9-10-25(22,23)12-15/h4-8,15H,3,9-13H2,1-2H3/p+1/t15-/m0/s1. The Hall–Kier alpha value is -1.51. The van der Waals surface area contributed by atoms with Crippen molar-refractivity contribution in [1.82, 2.24) is 14.3 Å². The molecule has 2 heterocycles. The van der Waals surface area contributed by atoms with Crippen molar-refractivity contribution in [3.63, 3.8) is 0 Å². The van der Waals surface area contributed by atoms with Gasteiger partial charge in [0.15, 0.2) is 16.5 Å². The molecule has 0 radical (unpaired) electrons. The fourth-order valence-corrected chi connectivity index (χ4v) is 5.29. The zero-order chi connectivity index (χ0) is 18.0. The Morgan fingerprint density at radius 1 is 1.32 bits per heavy atom. The highest BCUT2D eigenvalue weighted by molar-refractivity contribution is 7.91. The Morgan fingerprint density at radius 3 is 2.64 bits per heavy atom. The van der Waals surface area contributed by atoms with Crippen LogP contribution in [0.4, 0.5) is 0 Å². The van der Waals surface area contributed by atoms with E-state index in [9.17, 15) is 8.42 Å². The largest absolute Gasteiger partial charge is 0.313 e. The Labute approximate surface area is 154 Å². The molecular weight excluding hydrogens is 356 g/mol. The minimum absolute atomic E-state index is 0.0443. The summed E-state index contributed by atoms with van der Waals surface area (Å²) in [5, 5.41) is 4.68. The second-order valence-corrected chi connectivity index (χ2v) is 9.32. The Balaban J connectivity index is 1.78. The molecule has 0 spiro atoms. The molecule has 1 N–H and O–H groups in total. The molecule has 2 aromatic rings. The van der Waals surface area contributed by atoms with Gasteiger partial charge in [0, 0.05) is 18.5 Å². The summed E-state index contributed by atoms with van der Waals surface area (Å²) in [5.74, 6) is 1.18. The van der Waals surface area contributed by atoms with Crippen LogP contribution in [0.3, 0.4) is 0 Å². The molecule has 0 amide bonds. The summed E-state index contributed by atoms with van der Waals surface area (Å²) in [7, 11) is -1.05. The van der Waals surface area contributed by atoms with E-state index in [1.54, 1.807) is 0 Å². The highest BCUT2D eigenvalue weighted by Crippen LogP contribution is 2.27. The average molecular weight is 382 g/mol. The third-order valence-corrected chi connectivity index (χ3v) is 7.10. The first-order chi connectivity index (χ1) is 11.9. The van der Waals surface area contributed by atoms with Crippen LogP contribution < -0.4 is 4.90 Å². The summed E-state index contributed by atoms with van der Waals surface area (Å²) in [4.78, 5) is 1.35. The van der Waals surface area contributed by atoms with E-state index in [1.165, 1.54) is 10.5 Å². The zero-order valence-electron chi connectivity index (χ0n) is 14.7. The van der Waals surface area contributed by atoms with Crippen molar-refractivity contribution < 1.29 is 13.3 Å². The Morgan fingerprint density at radius 2 is 2.04 bits per heavy atom. The molecule has 1 aliphatic heterocycles. The Bertz CT molecular complexity index is 887. The van der Waals surface area contributed by atoms with E-state index in [2.05, 4.69) is 24.2 Å². The van der Waals surface area contributed by atoms with Crippen LogP contribution in [0.2, 0.25) is 0 Å². The summed E-state index contributed by atoms with van der Waals surface area (Å²) < 4.78 is 27.9. The van der Waals surface area contributed by atoms with Gasteiger partial charge in [-0.2, -0.15) is 9.78 Å². The minimum Gasteiger partial charge on any atom is -0.313 e. The van der Waals surface area contributed by atoms with Crippen LogP contribution >= 0.6 is 12.2 Å². The number of aromatic nitrogens is 3. The highest BCUT2D eigenvalue weighted by Gasteiger charge is 2.32. The maximum Gasteiger partial charge on any atom is 0.202 e. The first kappa shape index (κ1) is 18.3. The van der Waals surface area contributed by atoms with Gasteiger partial charge in [0.25, 0.3) is 0 Å². The van der Waals surface area contributed by atoms with E-state index < -0.39 is 9.84 Å². The van der Waals surface area contributed by atoms with E-state index in [4.69, 9.17) is 12.2 Å². The molecule has 0 aliphatic carbocycles. The molecule has 3 rings (SSSR count). The summed E-state index contributed by atoms with van der Waals surface area (Å²) in [5.41, 5.74) is 1.28. The number of rotatable bonds is 6. The van der Waals surface area contributed by atoms with Crippen LogP contribution in [0.25, 0.3) is 0 Å². The molecule has 8 heteroatoms. The van der Waals surface area contributed by atoms with Gasteiger partial charge in [-0.05, 0) is 25.6 Å². The molecule has 0 bridgehead atoms. The Kier molecular flexibility index (Phi) is 5.41. The van der Waals surface area contributed by atoms with Gasteiger partial charge in [-0.1, -0.05) is 30.3 Å². The highest BCUT2D eigenvalue weighted by atomic mass is 32.2. The molecule has 136 valence electrons. The monoisotopic (exact) mass is 381 g/mol. The fraction of sp³-hybridized carbons (Fsp3) is 0.529. The van der Waals surface area contributed by atoms with Crippen molar-refractivity contribution in [2.24, 2.45) is 7.05 Å². The molecule has 1 saturated heterocycles. The summed E-state index contributed by atoms with van der Waals surface area (Å²) in [6.07, 6.45) is 0.635. The maximum atomic E-state index is 11.8. The van der Waals surface area contributed by atoms with Crippen LogP contribution in [0.1, 0.15) is 30.7 Å². The van der Waals surface area contributed by atoms with E-state index in [1.807, 2.05) is 34.5 Å². The zero-order valence-corrected chi connectivity index (χ0v) is 16.3. The lowest BCUT2D eigenvalue weighted by molar-refractivity contribution is -0.935. The van der Waals surface area contributed by atoms with Gasteiger partial charge >= 0.3 is 0 Å². The number of benzene rings is 1. The summed E-state index contributed by atoms with van der Waals surface area (Å²) in [6, 6.07) is 10.4. The van der Waals surface area contributed by atoms with Crippen molar-refractivity contribution >= 4 is 22.1 Å². The van der Waals surface area contributed by atoms with Crippen LogP contribution in [0.15, 0.2) is 30.3 Å². The summed E-state index contributed by atoms with van der Waals surface area (Å²) >= 11 is 5.54. The molecule has 6 nitrogen and oxygen atoms in total. The van der Waals surface area contributed by atoms with E-state index in [-0.39, 0.29) is 17.4 Å². The second-order valence-electron chi connectivity index (χ2n) is 6.72. The maximum absolute atomic E-state index is 11.8. The van der Waals surface area contributed by atoms with Crippen molar-refractivity contribution in [2.45, 2.75) is 32.5 Å². The third-order valence-electron chi connectivity index (χ3n) is 4.84. The molecule has 1 unspecified atom stereocenters. The van der Waals surface area contributed by atoms with Crippen molar-refractivity contribution in [3.8, 4) is 0 Å². The first-order valence-corrected chi connectivity index (χ1v) is 10.8. The average Bonchev–Trinajstić information content (AvgIpc) is 3.09. The van der Waals surface area contributed by atoms with Gasteiger partial charge in [-0.3, -0.25) is 0 Å².